The molecule has 0 atom stereocenters. The van der Waals surface area contributed by atoms with Crippen LogP contribution >= 0.6 is 24.0 Å². The molecule has 88 valence electrons. The van der Waals surface area contributed by atoms with Gasteiger partial charge in [0.05, 0.1) is 4.91 Å². The number of para-hydroxylation sites is 1. The highest BCUT2D eigenvalue weighted by Crippen LogP contribution is 2.33. The lowest BCUT2D eigenvalue weighted by atomic mass is 10.2. The smallest absolute Gasteiger partial charge is 0.266 e. The number of benzene rings is 1. The number of phenols is 1. The van der Waals surface area contributed by atoms with Crippen molar-refractivity contribution in [2.75, 3.05) is 6.54 Å². The maximum Gasteiger partial charge on any atom is 0.266 e. The van der Waals surface area contributed by atoms with E-state index in [4.69, 9.17) is 12.2 Å². The zero-order chi connectivity index (χ0) is 12.4. The molecule has 3 nitrogen and oxygen atoms in total. The number of phenolic OH excluding ortho intramolecular Hbond substituents is 1. The van der Waals surface area contributed by atoms with Crippen LogP contribution in [0.15, 0.2) is 29.2 Å². The van der Waals surface area contributed by atoms with Crippen molar-refractivity contribution in [3.05, 3.63) is 34.7 Å². The third kappa shape index (κ3) is 2.35. The van der Waals surface area contributed by atoms with E-state index in [1.165, 1.54) is 11.8 Å². The predicted molar refractivity (Wildman–Crippen MR) is 73.7 cm³/mol. The average molecular weight is 265 g/mol. The molecule has 0 spiro atoms. The van der Waals surface area contributed by atoms with Crippen LogP contribution in [-0.2, 0) is 4.79 Å². The van der Waals surface area contributed by atoms with E-state index in [9.17, 15) is 9.90 Å². The van der Waals surface area contributed by atoms with E-state index in [-0.39, 0.29) is 11.7 Å². The fraction of sp³-hybridized carbons (Fsp3) is 0.167. The molecule has 1 aliphatic rings. The Bertz CT molecular complexity index is 511. The Labute approximate surface area is 109 Å². The maximum atomic E-state index is 11.9. The molecule has 1 aromatic rings. The Balaban J connectivity index is 2.34. The predicted octanol–water partition coefficient (Wildman–Crippen LogP) is 2.61. The molecular weight excluding hydrogens is 254 g/mol. The van der Waals surface area contributed by atoms with Gasteiger partial charge in [-0.1, -0.05) is 42.2 Å². The van der Waals surface area contributed by atoms with Crippen molar-refractivity contribution in [1.29, 1.82) is 0 Å². The van der Waals surface area contributed by atoms with E-state index in [0.717, 1.165) is 0 Å². The third-order valence-corrected chi connectivity index (χ3v) is 3.79. The maximum absolute atomic E-state index is 11.9. The Hall–Kier alpha value is -1.33. The Morgan fingerprint density at radius 1 is 1.47 bits per heavy atom. The van der Waals surface area contributed by atoms with Gasteiger partial charge in [-0.2, -0.15) is 0 Å². The second-order valence-corrected chi connectivity index (χ2v) is 5.16. The summed E-state index contributed by atoms with van der Waals surface area (Å²) in [5.74, 6) is 0.0695. The molecule has 5 heteroatoms. The van der Waals surface area contributed by atoms with Crippen molar-refractivity contribution < 1.29 is 9.90 Å². The van der Waals surface area contributed by atoms with E-state index >= 15 is 0 Å². The number of nitrogens with zero attached hydrogens (tertiary/aromatic N) is 1. The highest BCUT2D eigenvalue weighted by molar-refractivity contribution is 8.26. The third-order valence-electron chi connectivity index (χ3n) is 2.41. The standard InChI is InChI=1S/C12H11NO2S2/c1-2-13-11(15)10(17-12(13)16)7-8-5-3-4-6-9(8)14/h3-7,14H,2H2,1H3/b10-7+. The first-order valence-electron chi connectivity index (χ1n) is 5.17. The number of rotatable bonds is 2. The SMILES string of the molecule is CCN1C(=O)/C(=C\c2ccccc2O)SC1=S. The summed E-state index contributed by atoms with van der Waals surface area (Å²) in [5.41, 5.74) is 0.629. The number of hydrogen-bond acceptors (Lipinski definition) is 4. The summed E-state index contributed by atoms with van der Waals surface area (Å²) in [5, 5.41) is 9.63. The fourth-order valence-corrected chi connectivity index (χ4v) is 2.90. The number of aromatic hydroxyl groups is 1. The van der Waals surface area contributed by atoms with Crippen LogP contribution in [0.3, 0.4) is 0 Å². The topological polar surface area (TPSA) is 40.5 Å². The van der Waals surface area contributed by atoms with Gasteiger partial charge in [0.15, 0.2) is 0 Å². The minimum Gasteiger partial charge on any atom is -0.507 e. The molecule has 1 aliphatic heterocycles. The molecule has 0 aromatic heterocycles. The van der Waals surface area contributed by atoms with Crippen LogP contribution in [0, 0.1) is 0 Å². The van der Waals surface area contributed by atoms with Crippen LogP contribution in [0.25, 0.3) is 6.08 Å². The van der Waals surface area contributed by atoms with Crippen LogP contribution in [0.2, 0.25) is 0 Å². The largest absolute Gasteiger partial charge is 0.507 e. The second kappa shape index (κ2) is 4.89. The molecule has 0 bridgehead atoms. The quantitative estimate of drug-likeness (QED) is 0.659. The monoisotopic (exact) mass is 265 g/mol. The number of carbonyl (C=O) groups excluding carboxylic acids is 1. The first-order valence-corrected chi connectivity index (χ1v) is 6.39. The highest BCUT2D eigenvalue weighted by Gasteiger charge is 2.30. The van der Waals surface area contributed by atoms with Crippen molar-refractivity contribution in [3.63, 3.8) is 0 Å². The van der Waals surface area contributed by atoms with E-state index in [2.05, 4.69) is 0 Å². The number of likely N-dealkylation sites (N-methyl/N-ethyl adjacent to an activating group) is 1. The van der Waals surface area contributed by atoms with Gasteiger partial charge in [0.25, 0.3) is 5.91 Å². The summed E-state index contributed by atoms with van der Waals surface area (Å²) in [6.07, 6.45) is 1.67. The van der Waals surface area contributed by atoms with Gasteiger partial charge in [-0.25, -0.2) is 0 Å². The first kappa shape index (κ1) is 12.1. The van der Waals surface area contributed by atoms with E-state index in [1.54, 1.807) is 29.2 Å². The summed E-state index contributed by atoms with van der Waals surface area (Å²) in [6.45, 7) is 2.45. The summed E-state index contributed by atoms with van der Waals surface area (Å²) in [6, 6.07) is 6.90. The Morgan fingerprint density at radius 3 is 2.76 bits per heavy atom. The van der Waals surface area contributed by atoms with Crippen molar-refractivity contribution in [3.8, 4) is 5.75 Å². The molecule has 17 heavy (non-hydrogen) atoms. The summed E-state index contributed by atoms with van der Waals surface area (Å²) >= 11 is 6.38. The van der Waals surface area contributed by atoms with Crippen LogP contribution in [0.5, 0.6) is 5.75 Å². The van der Waals surface area contributed by atoms with Gasteiger partial charge in [-0.3, -0.25) is 9.69 Å². The van der Waals surface area contributed by atoms with Crippen LogP contribution in [-0.4, -0.2) is 26.8 Å². The number of carbonyl (C=O) groups is 1. The minimum absolute atomic E-state index is 0.0919. The van der Waals surface area contributed by atoms with Crippen molar-refractivity contribution in [2.24, 2.45) is 0 Å². The van der Waals surface area contributed by atoms with Gasteiger partial charge in [0.1, 0.15) is 10.1 Å². The van der Waals surface area contributed by atoms with E-state index in [0.29, 0.717) is 21.3 Å². The number of hydrogen-bond donors (Lipinski definition) is 1. The van der Waals surface area contributed by atoms with E-state index < -0.39 is 0 Å². The molecule has 0 unspecified atom stereocenters. The lowest BCUT2D eigenvalue weighted by molar-refractivity contribution is -0.121. The molecule has 1 amide bonds. The van der Waals surface area contributed by atoms with Crippen molar-refractivity contribution >= 4 is 40.3 Å². The van der Waals surface area contributed by atoms with Gasteiger partial charge in [0, 0.05) is 12.1 Å². The zero-order valence-electron chi connectivity index (χ0n) is 9.21. The van der Waals surface area contributed by atoms with Gasteiger partial charge in [-0.05, 0) is 19.1 Å². The van der Waals surface area contributed by atoms with Gasteiger partial charge < -0.3 is 5.11 Å². The number of thiocarbonyl (C=S) groups is 1. The van der Waals surface area contributed by atoms with Gasteiger partial charge >= 0.3 is 0 Å². The minimum atomic E-state index is -0.0919. The number of amides is 1. The Kier molecular flexibility index (Phi) is 3.49. The molecule has 1 fully saturated rings. The summed E-state index contributed by atoms with van der Waals surface area (Å²) in [7, 11) is 0. The molecule has 1 aromatic carbocycles. The first-order chi connectivity index (χ1) is 8.13. The number of thioether (sulfide) groups is 1. The Morgan fingerprint density at radius 2 is 2.18 bits per heavy atom. The lowest BCUT2D eigenvalue weighted by Crippen LogP contribution is -2.27. The molecule has 1 saturated heterocycles. The normalized spacial score (nSPS) is 18.2. The van der Waals surface area contributed by atoms with Crippen LogP contribution in [0.4, 0.5) is 0 Å². The van der Waals surface area contributed by atoms with Crippen molar-refractivity contribution in [1.82, 2.24) is 4.90 Å². The second-order valence-electron chi connectivity index (χ2n) is 3.48. The van der Waals surface area contributed by atoms with Crippen molar-refractivity contribution in [2.45, 2.75) is 6.92 Å². The fourth-order valence-electron chi connectivity index (χ4n) is 1.52. The zero-order valence-corrected chi connectivity index (χ0v) is 10.8. The molecule has 1 heterocycles. The average Bonchev–Trinajstić information content (AvgIpc) is 2.57. The summed E-state index contributed by atoms with van der Waals surface area (Å²) in [4.78, 5) is 14.0. The lowest BCUT2D eigenvalue weighted by Gasteiger charge is -2.09. The highest BCUT2D eigenvalue weighted by atomic mass is 32.2. The molecule has 0 saturated carbocycles. The van der Waals surface area contributed by atoms with Gasteiger partial charge in [0.2, 0.25) is 0 Å². The molecule has 2 rings (SSSR count). The molecule has 0 radical (unpaired) electrons. The van der Waals surface area contributed by atoms with Crippen LogP contribution in [0.1, 0.15) is 12.5 Å². The van der Waals surface area contributed by atoms with E-state index in [1.807, 2.05) is 13.0 Å². The van der Waals surface area contributed by atoms with Crippen LogP contribution < -0.4 is 0 Å². The molecule has 1 N–H and O–H groups in total. The summed E-state index contributed by atoms with van der Waals surface area (Å²) < 4.78 is 0.569. The molecular formula is C12H11NO2S2. The molecule has 0 aliphatic carbocycles. The van der Waals surface area contributed by atoms with Gasteiger partial charge in [-0.15, -0.1) is 0 Å².